The van der Waals surface area contributed by atoms with E-state index in [0.29, 0.717) is 6.42 Å². The standard InChI is InChI=1S/C20H38N8O7/c1-10(2)8-13(18(33)28-14(9-29)19(34)35)27-17(32)12(4-3-7-25-20(23)24)26-16(31)11(21)5-6-15(22)30/h10-14,29H,3-9,21H2,1-2H3,(H2,22,30)(H,26,31)(H,27,32)(H,28,33)(H,34,35)(H4,23,24,25). The van der Waals surface area contributed by atoms with Crippen molar-refractivity contribution in [2.24, 2.45) is 33.8 Å². The van der Waals surface area contributed by atoms with Crippen molar-refractivity contribution in [1.29, 1.82) is 0 Å². The van der Waals surface area contributed by atoms with Crippen LogP contribution < -0.4 is 38.9 Å². The van der Waals surface area contributed by atoms with E-state index in [0.717, 1.165) is 0 Å². The lowest BCUT2D eigenvalue weighted by atomic mass is 10.0. The molecular formula is C20H38N8O7. The van der Waals surface area contributed by atoms with Crippen molar-refractivity contribution in [2.45, 2.75) is 70.1 Å². The Balaban J connectivity index is 5.52. The number of rotatable bonds is 17. The van der Waals surface area contributed by atoms with E-state index in [2.05, 4.69) is 20.9 Å². The van der Waals surface area contributed by atoms with Crippen molar-refractivity contribution in [2.75, 3.05) is 13.2 Å². The van der Waals surface area contributed by atoms with Gasteiger partial charge in [0, 0.05) is 13.0 Å². The molecule has 0 bridgehead atoms. The van der Waals surface area contributed by atoms with Crippen molar-refractivity contribution in [3.63, 3.8) is 0 Å². The third-order valence-corrected chi connectivity index (χ3v) is 4.75. The van der Waals surface area contributed by atoms with Crippen LogP contribution in [0.25, 0.3) is 0 Å². The molecule has 0 spiro atoms. The third-order valence-electron chi connectivity index (χ3n) is 4.75. The molecule has 0 fully saturated rings. The Morgan fingerprint density at radius 1 is 0.857 bits per heavy atom. The lowest BCUT2D eigenvalue weighted by Crippen LogP contribution is -2.57. The first-order valence-corrected chi connectivity index (χ1v) is 11.1. The molecule has 0 aromatic heterocycles. The minimum absolute atomic E-state index is 0.0282. The first kappa shape index (κ1) is 31.5. The summed E-state index contributed by atoms with van der Waals surface area (Å²) in [7, 11) is 0. The fourth-order valence-corrected chi connectivity index (χ4v) is 2.91. The van der Waals surface area contributed by atoms with Gasteiger partial charge in [-0.05, 0) is 31.6 Å². The molecule has 0 heterocycles. The molecule has 0 aromatic carbocycles. The van der Waals surface area contributed by atoms with E-state index in [-0.39, 0.29) is 44.1 Å². The van der Waals surface area contributed by atoms with Crippen molar-refractivity contribution in [3.8, 4) is 0 Å². The molecule has 0 aromatic rings. The topological polar surface area (TPSA) is 278 Å². The van der Waals surface area contributed by atoms with Gasteiger partial charge < -0.3 is 49.1 Å². The number of nitrogens with one attached hydrogen (secondary N) is 3. The number of carboxylic acid groups (broad SMARTS) is 1. The zero-order valence-corrected chi connectivity index (χ0v) is 20.0. The number of carbonyl (C=O) groups excluding carboxylic acids is 4. The van der Waals surface area contributed by atoms with Crippen molar-refractivity contribution < 1.29 is 34.2 Å². The summed E-state index contributed by atoms with van der Waals surface area (Å²) in [6, 6.07) is -4.93. The van der Waals surface area contributed by atoms with Crippen molar-refractivity contribution in [3.05, 3.63) is 0 Å². The number of hydrogen-bond acceptors (Lipinski definition) is 8. The predicted octanol–water partition coefficient (Wildman–Crippen LogP) is -3.79. The Kier molecular flexibility index (Phi) is 14.6. The van der Waals surface area contributed by atoms with E-state index >= 15 is 0 Å². The number of hydrogen-bond donors (Lipinski definition) is 9. The van der Waals surface area contributed by atoms with E-state index in [9.17, 15) is 24.0 Å². The minimum Gasteiger partial charge on any atom is -0.480 e. The largest absolute Gasteiger partial charge is 0.480 e. The number of aliphatic carboxylic acids is 1. The quantitative estimate of drug-likeness (QED) is 0.0531. The number of guanidine groups is 1. The predicted molar refractivity (Wildman–Crippen MR) is 126 cm³/mol. The molecule has 0 aliphatic heterocycles. The van der Waals surface area contributed by atoms with Crippen LogP contribution in [0.15, 0.2) is 4.99 Å². The molecule has 15 heteroatoms. The number of primary amides is 1. The third kappa shape index (κ3) is 13.7. The van der Waals surface area contributed by atoms with Gasteiger partial charge in [0.15, 0.2) is 5.96 Å². The lowest BCUT2D eigenvalue weighted by Gasteiger charge is -2.25. The average Bonchev–Trinajstić information content (AvgIpc) is 2.75. The number of carboxylic acids is 1. The summed E-state index contributed by atoms with van der Waals surface area (Å²) < 4.78 is 0. The van der Waals surface area contributed by atoms with E-state index in [4.69, 9.17) is 33.1 Å². The number of aliphatic imine (C=N–C) groups is 1. The van der Waals surface area contributed by atoms with Crippen molar-refractivity contribution >= 4 is 35.6 Å². The molecule has 4 unspecified atom stereocenters. The number of aliphatic hydroxyl groups excluding tert-OH is 1. The summed E-state index contributed by atoms with van der Waals surface area (Å²) in [5.41, 5.74) is 21.4. The maximum absolute atomic E-state index is 13.0. The second kappa shape index (κ2) is 16.2. The first-order chi connectivity index (χ1) is 16.3. The molecule has 0 radical (unpaired) electrons. The lowest BCUT2D eigenvalue weighted by molar-refractivity contribution is -0.143. The van der Waals surface area contributed by atoms with Crippen LogP contribution in [0.4, 0.5) is 0 Å². The Morgan fingerprint density at radius 2 is 1.40 bits per heavy atom. The van der Waals surface area contributed by atoms with Gasteiger partial charge >= 0.3 is 5.97 Å². The number of amides is 4. The average molecular weight is 503 g/mol. The maximum atomic E-state index is 13.0. The van der Waals surface area contributed by atoms with Crippen molar-refractivity contribution in [1.82, 2.24) is 16.0 Å². The molecule has 4 atom stereocenters. The van der Waals surface area contributed by atoms with Gasteiger partial charge in [-0.2, -0.15) is 0 Å². The van der Waals surface area contributed by atoms with Crippen LogP contribution in [-0.2, 0) is 24.0 Å². The van der Waals surface area contributed by atoms with Gasteiger partial charge in [-0.15, -0.1) is 0 Å². The van der Waals surface area contributed by atoms with Gasteiger partial charge in [0.25, 0.3) is 0 Å². The van der Waals surface area contributed by atoms with Gasteiger partial charge in [-0.1, -0.05) is 13.8 Å². The van der Waals surface area contributed by atoms with Crippen LogP contribution in [0.2, 0.25) is 0 Å². The highest BCUT2D eigenvalue weighted by Crippen LogP contribution is 2.08. The Morgan fingerprint density at radius 3 is 1.89 bits per heavy atom. The Bertz CT molecular complexity index is 771. The van der Waals surface area contributed by atoms with Crippen LogP contribution in [0.5, 0.6) is 0 Å². The highest BCUT2D eigenvalue weighted by Gasteiger charge is 2.30. The molecular weight excluding hydrogens is 464 g/mol. The summed E-state index contributed by atoms with van der Waals surface area (Å²) >= 11 is 0. The van der Waals surface area contributed by atoms with Gasteiger partial charge in [0.1, 0.15) is 18.1 Å². The summed E-state index contributed by atoms with van der Waals surface area (Å²) in [5, 5.41) is 25.4. The molecule has 0 saturated carbocycles. The summed E-state index contributed by atoms with van der Waals surface area (Å²) in [4.78, 5) is 64.0. The normalized spacial score (nSPS) is 14.2. The second-order valence-corrected chi connectivity index (χ2v) is 8.39. The Hall–Kier alpha value is -3.46. The highest BCUT2D eigenvalue weighted by atomic mass is 16.4. The van der Waals surface area contributed by atoms with Crippen LogP contribution in [0, 0.1) is 5.92 Å². The first-order valence-electron chi connectivity index (χ1n) is 11.1. The van der Waals surface area contributed by atoms with Gasteiger partial charge in [0.05, 0.1) is 12.6 Å². The summed E-state index contributed by atoms with van der Waals surface area (Å²) in [6.07, 6.45) is 0.380. The van der Waals surface area contributed by atoms with Gasteiger partial charge in [-0.25, -0.2) is 4.79 Å². The fraction of sp³-hybridized carbons (Fsp3) is 0.700. The van der Waals surface area contributed by atoms with Crippen LogP contribution in [0.1, 0.15) is 46.0 Å². The van der Waals surface area contributed by atoms with E-state index < -0.39 is 60.4 Å². The smallest absolute Gasteiger partial charge is 0.328 e. The summed E-state index contributed by atoms with van der Waals surface area (Å²) in [5.74, 6) is -4.52. The fourth-order valence-electron chi connectivity index (χ4n) is 2.91. The van der Waals surface area contributed by atoms with Crippen LogP contribution in [0.3, 0.4) is 0 Å². The zero-order chi connectivity index (χ0) is 27.1. The van der Waals surface area contributed by atoms with E-state index in [1.54, 1.807) is 13.8 Å². The second-order valence-electron chi connectivity index (χ2n) is 8.39. The number of nitrogens with zero attached hydrogens (tertiary/aromatic N) is 1. The molecule has 0 rings (SSSR count). The molecule has 15 nitrogen and oxygen atoms in total. The molecule has 4 amide bonds. The van der Waals surface area contributed by atoms with Crippen LogP contribution >= 0.6 is 0 Å². The molecule has 0 aliphatic carbocycles. The molecule has 35 heavy (non-hydrogen) atoms. The molecule has 0 aliphatic rings. The van der Waals surface area contributed by atoms with Crippen LogP contribution in [-0.4, -0.2) is 83.1 Å². The minimum atomic E-state index is -1.55. The SMILES string of the molecule is CC(C)CC(NC(=O)C(CCCN=C(N)N)NC(=O)C(N)CCC(N)=O)C(=O)NC(CO)C(=O)O. The van der Waals surface area contributed by atoms with E-state index in [1.165, 1.54) is 0 Å². The number of carbonyl (C=O) groups is 5. The van der Waals surface area contributed by atoms with Gasteiger partial charge in [-0.3, -0.25) is 24.2 Å². The van der Waals surface area contributed by atoms with Gasteiger partial charge in [0.2, 0.25) is 23.6 Å². The zero-order valence-electron chi connectivity index (χ0n) is 20.0. The number of nitrogens with two attached hydrogens (primary N) is 4. The molecule has 0 saturated heterocycles. The van der Waals surface area contributed by atoms with E-state index in [1.807, 2.05) is 0 Å². The maximum Gasteiger partial charge on any atom is 0.328 e. The number of aliphatic hydroxyl groups is 1. The monoisotopic (exact) mass is 502 g/mol. The summed E-state index contributed by atoms with van der Waals surface area (Å²) in [6.45, 7) is 2.91. The Labute approximate surface area is 203 Å². The highest BCUT2D eigenvalue weighted by molar-refractivity contribution is 5.94. The molecule has 13 N–H and O–H groups in total. The molecule has 200 valence electrons.